The van der Waals surface area contributed by atoms with Crippen molar-refractivity contribution in [3.05, 3.63) is 83.4 Å². The molecule has 5 rings (SSSR count). The van der Waals surface area contributed by atoms with E-state index in [4.69, 9.17) is 9.47 Å². The number of nitrogens with zero attached hydrogens (tertiary/aromatic N) is 1. The molecule has 1 aromatic heterocycles. The van der Waals surface area contributed by atoms with Gasteiger partial charge >= 0.3 is 6.09 Å². The van der Waals surface area contributed by atoms with Gasteiger partial charge in [-0.2, -0.15) is 0 Å². The summed E-state index contributed by atoms with van der Waals surface area (Å²) in [4.78, 5) is 14.8. The number of fused-ring (bicyclic) bond motifs is 2. The van der Waals surface area contributed by atoms with Crippen molar-refractivity contribution in [3.8, 4) is 21.9 Å². The lowest BCUT2D eigenvalue weighted by Gasteiger charge is -2.36. The molecule has 168 valence electrons. The van der Waals surface area contributed by atoms with E-state index in [1.54, 1.807) is 25.6 Å². The standard InChI is InChI=1S/C27H25NO4S/c1-31-23-14-19-11-12-28(27(29)30)22(21(19)16-24(23)32-2)13-17-7-9-18(10-8-17)26-15-20-5-3-4-6-25(20)33-26/h3-10,14-16,22H,11-13H2,1-2H3,(H,29,30). The van der Waals surface area contributed by atoms with Gasteiger partial charge in [0.15, 0.2) is 11.5 Å². The predicted octanol–water partition coefficient (Wildman–Crippen LogP) is 6.41. The Hall–Kier alpha value is -3.51. The van der Waals surface area contributed by atoms with E-state index in [0.717, 1.165) is 16.7 Å². The van der Waals surface area contributed by atoms with E-state index in [2.05, 4.69) is 54.6 Å². The summed E-state index contributed by atoms with van der Waals surface area (Å²) in [6.45, 7) is 0.461. The minimum atomic E-state index is -0.901. The molecule has 0 spiro atoms. The summed E-state index contributed by atoms with van der Waals surface area (Å²) in [6, 6.07) is 22.7. The molecule has 0 saturated heterocycles. The molecule has 4 aromatic rings. The molecule has 1 aliphatic rings. The molecule has 6 heteroatoms. The number of amides is 1. The minimum absolute atomic E-state index is 0.277. The lowest BCUT2D eigenvalue weighted by molar-refractivity contribution is 0.119. The molecule has 1 unspecified atom stereocenters. The molecule has 2 heterocycles. The Kier molecular flexibility index (Phi) is 5.68. The fraction of sp³-hybridized carbons (Fsp3) is 0.222. The third kappa shape index (κ3) is 4.02. The van der Waals surface area contributed by atoms with E-state index in [1.807, 2.05) is 12.1 Å². The summed E-state index contributed by atoms with van der Waals surface area (Å²) in [5, 5.41) is 11.1. The SMILES string of the molecule is COc1cc2c(cc1OC)C(Cc1ccc(-c3cc4ccccc4s3)cc1)N(C(=O)O)CC2. The molecule has 0 fully saturated rings. The van der Waals surface area contributed by atoms with Gasteiger partial charge in [-0.1, -0.05) is 42.5 Å². The largest absolute Gasteiger partial charge is 0.493 e. The van der Waals surface area contributed by atoms with Gasteiger partial charge in [0, 0.05) is 16.1 Å². The zero-order valence-electron chi connectivity index (χ0n) is 18.6. The molecule has 0 aliphatic carbocycles. The topological polar surface area (TPSA) is 59.0 Å². The normalized spacial score (nSPS) is 15.3. The van der Waals surface area contributed by atoms with Crippen LogP contribution < -0.4 is 9.47 Å². The van der Waals surface area contributed by atoms with Crippen LogP contribution in [-0.2, 0) is 12.8 Å². The molecule has 5 nitrogen and oxygen atoms in total. The lowest BCUT2D eigenvalue weighted by atomic mass is 9.88. The van der Waals surface area contributed by atoms with Crippen LogP contribution in [0.1, 0.15) is 22.7 Å². The van der Waals surface area contributed by atoms with Crippen LogP contribution in [-0.4, -0.2) is 36.9 Å². The van der Waals surface area contributed by atoms with Crippen molar-refractivity contribution < 1.29 is 19.4 Å². The van der Waals surface area contributed by atoms with Crippen LogP contribution in [0.2, 0.25) is 0 Å². The van der Waals surface area contributed by atoms with Crippen molar-refractivity contribution in [2.45, 2.75) is 18.9 Å². The number of carbonyl (C=O) groups is 1. The van der Waals surface area contributed by atoms with Gasteiger partial charge in [-0.25, -0.2) is 4.79 Å². The van der Waals surface area contributed by atoms with E-state index >= 15 is 0 Å². The first-order valence-electron chi connectivity index (χ1n) is 10.9. The predicted molar refractivity (Wildman–Crippen MR) is 132 cm³/mol. The Labute approximate surface area is 196 Å². The summed E-state index contributed by atoms with van der Waals surface area (Å²) in [6.07, 6.45) is 0.354. The number of rotatable bonds is 5. The second-order valence-corrected chi connectivity index (χ2v) is 9.28. The number of methoxy groups -OCH3 is 2. The van der Waals surface area contributed by atoms with Gasteiger partial charge in [0.25, 0.3) is 0 Å². The summed E-state index contributed by atoms with van der Waals surface area (Å²) in [5.74, 6) is 1.29. The van der Waals surface area contributed by atoms with Gasteiger partial charge in [0.2, 0.25) is 0 Å². The van der Waals surface area contributed by atoms with Gasteiger partial charge < -0.3 is 19.5 Å². The average molecular weight is 460 g/mol. The van der Waals surface area contributed by atoms with Crippen molar-refractivity contribution in [3.63, 3.8) is 0 Å². The van der Waals surface area contributed by atoms with Crippen LogP contribution in [0.25, 0.3) is 20.5 Å². The summed E-state index contributed by atoms with van der Waals surface area (Å²) in [7, 11) is 3.22. The molecular formula is C27H25NO4S. The molecule has 1 atom stereocenters. The number of carboxylic acid groups (broad SMARTS) is 1. The molecule has 0 saturated carbocycles. The van der Waals surface area contributed by atoms with Crippen molar-refractivity contribution in [2.75, 3.05) is 20.8 Å². The second-order valence-electron chi connectivity index (χ2n) is 8.20. The van der Waals surface area contributed by atoms with Crippen LogP contribution in [0.4, 0.5) is 4.79 Å². The first-order valence-corrected chi connectivity index (χ1v) is 11.7. The molecular weight excluding hydrogens is 434 g/mol. The van der Waals surface area contributed by atoms with Crippen LogP contribution >= 0.6 is 11.3 Å². The summed E-state index contributed by atoms with van der Waals surface area (Å²) >= 11 is 1.78. The first kappa shape index (κ1) is 21.3. The van der Waals surface area contributed by atoms with E-state index in [-0.39, 0.29) is 6.04 Å². The maximum atomic E-state index is 12.0. The minimum Gasteiger partial charge on any atom is -0.493 e. The number of thiophene rings is 1. The van der Waals surface area contributed by atoms with Gasteiger partial charge in [-0.05, 0) is 64.7 Å². The number of ether oxygens (including phenoxy) is 2. The summed E-state index contributed by atoms with van der Waals surface area (Å²) in [5.41, 5.74) is 4.36. The second kappa shape index (κ2) is 8.79. The highest BCUT2D eigenvalue weighted by Crippen LogP contribution is 2.40. The zero-order chi connectivity index (χ0) is 22.9. The molecule has 1 N–H and O–H groups in total. The Balaban J connectivity index is 1.46. The van der Waals surface area contributed by atoms with Crippen molar-refractivity contribution in [1.82, 2.24) is 4.90 Å². The molecule has 1 aliphatic heterocycles. The Morgan fingerprint density at radius 2 is 1.76 bits per heavy atom. The van der Waals surface area contributed by atoms with Crippen molar-refractivity contribution >= 4 is 27.5 Å². The monoisotopic (exact) mass is 459 g/mol. The number of benzene rings is 3. The molecule has 0 radical (unpaired) electrons. The number of hydrogen-bond donors (Lipinski definition) is 1. The molecule has 33 heavy (non-hydrogen) atoms. The highest BCUT2D eigenvalue weighted by Gasteiger charge is 2.32. The number of hydrogen-bond acceptors (Lipinski definition) is 4. The van der Waals surface area contributed by atoms with Crippen LogP contribution in [0.5, 0.6) is 11.5 Å². The highest BCUT2D eigenvalue weighted by atomic mass is 32.1. The van der Waals surface area contributed by atoms with E-state index in [0.29, 0.717) is 30.9 Å². The average Bonchev–Trinajstić information content (AvgIpc) is 3.28. The van der Waals surface area contributed by atoms with Crippen LogP contribution in [0, 0.1) is 0 Å². The third-order valence-electron chi connectivity index (χ3n) is 6.34. The molecule has 3 aromatic carbocycles. The fourth-order valence-corrected chi connectivity index (χ4v) is 5.70. The van der Waals surface area contributed by atoms with Crippen molar-refractivity contribution in [2.24, 2.45) is 0 Å². The Morgan fingerprint density at radius 1 is 1.03 bits per heavy atom. The smallest absolute Gasteiger partial charge is 0.407 e. The highest BCUT2D eigenvalue weighted by molar-refractivity contribution is 7.22. The Bertz CT molecular complexity index is 1280. The van der Waals surface area contributed by atoms with Crippen LogP contribution in [0.15, 0.2) is 66.7 Å². The van der Waals surface area contributed by atoms with Crippen molar-refractivity contribution in [1.29, 1.82) is 0 Å². The van der Waals surface area contributed by atoms with E-state index in [1.165, 1.54) is 25.4 Å². The quantitative estimate of drug-likeness (QED) is 0.375. The summed E-state index contributed by atoms with van der Waals surface area (Å²) < 4.78 is 12.2. The Morgan fingerprint density at radius 3 is 2.45 bits per heavy atom. The van der Waals surface area contributed by atoms with Crippen LogP contribution in [0.3, 0.4) is 0 Å². The van der Waals surface area contributed by atoms with Gasteiger partial charge in [-0.3, -0.25) is 0 Å². The van der Waals surface area contributed by atoms with Gasteiger partial charge in [0.1, 0.15) is 0 Å². The molecule has 0 bridgehead atoms. The van der Waals surface area contributed by atoms with Gasteiger partial charge in [-0.15, -0.1) is 11.3 Å². The maximum Gasteiger partial charge on any atom is 0.407 e. The molecule has 1 amide bonds. The third-order valence-corrected chi connectivity index (χ3v) is 7.51. The first-order chi connectivity index (χ1) is 16.1. The fourth-order valence-electron chi connectivity index (χ4n) is 4.63. The zero-order valence-corrected chi connectivity index (χ0v) is 19.4. The maximum absolute atomic E-state index is 12.0. The van der Waals surface area contributed by atoms with E-state index in [9.17, 15) is 9.90 Å². The van der Waals surface area contributed by atoms with E-state index < -0.39 is 6.09 Å². The lowest BCUT2D eigenvalue weighted by Crippen LogP contribution is -2.40. The van der Waals surface area contributed by atoms with Gasteiger partial charge in [0.05, 0.1) is 20.3 Å².